The fourth-order valence-corrected chi connectivity index (χ4v) is 1.52. The molecule has 9 nitrogen and oxygen atoms in total. The number of hydrogen-bond acceptors (Lipinski definition) is 8. The summed E-state index contributed by atoms with van der Waals surface area (Å²) < 4.78 is 1.37. The molecule has 0 aromatic carbocycles. The van der Waals surface area contributed by atoms with E-state index in [1.54, 1.807) is 24.7 Å². The van der Waals surface area contributed by atoms with Gasteiger partial charge >= 0.3 is 0 Å². The van der Waals surface area contributed by atoms with Crippen LogP contribution in [0.3, 0.4) is 0 Å². The van der Waals surface area contributed by atoms with Gasteiger partial charge in [-0.25, -0.2) is 4.98 Å². The van der Waals surface area contributed by atoms with E-state index in [4.69, 9.17) is 0 Å². The zero-order chi connectivity index (χ0) is 12.9. The van der Waals surface area contributed by atoms with Gasteiger partial charge in [-0.1, -0.05) is 0 Å². The van der Waals surface area contributed by atoms with Gasteiger partial charge in [0, 0.05) is 25.5 Å². The van der Waals surface area contributed by atoms with Crippen LogP contribution in [0.5, 0.6) is 0 Å². The molecule has 0 aliphatic heterocycles. The molecule has 96 valence electrons. The average molecular weight is 257 g/mol. The lowest BCUT2D eigenvalue weighted by Crippen LogP contribution is -2.15. The largest absolute Gasteiger partial charge is 0.367 e. The van der Waals surface area contributed by atoms with Crippen LogP contribution in [-0.2, 0) is 0 Å². The summed E-state index contributed by atoms with van der Waals surface area (Å²) in [5, 5.41) is 21.5. The van der Waals surface area contributed by atoms with Gasteiger partial charge in [0.15, 0.2) is 5.65 Å². The Kier molecular flexibility index (Phi) is 3.09. The summed E-state index contributed by atoms with van der Waals surface area (Å²) in [6.45, 7) is 1.39. The number of rotatable bonds is 5. The van der Waals surface area contributed by atoms with Crippen molar-refractivity contribution in [3.05, 3.63) is 30.7 Å². The number of nitrogens with zero attached hydrogens (tertiary/aromatic N) is 7. The summed E-state index contributed by atoms with van der Waals surface area (Å²) in [6.07, 6.45) is 4.95. The summed E-state index contributed by atoms with van der Waals surface area (Å²) in [7, 11) is 0. The van der Waals surface area contributed by atoms with Crippen LogP contribution in [0, 0.1) is 0 Å². The highest BCUT2D eigenvalue weighted by molar-refractivity contribution is 5.42. The maximum atomic E-state index is 4.19. The lowest BCUT2D eigenvalue weighted by molar-refractivity contribution is 0.734. The zero-order valence-corrected chi connectivity index (χ0v) is 9.93. The van der Waals surface area contributed by atoms with Gasteiger partial charge < -0.3 is 10.6 Å². The molecule has 0 saturated heterocycles. The Morgan fingerprint density at radius 2 is 1.95 bits per heavy atom. The van der Waals surface area contributed by atoms with Gasteiger partial charge in [-0.05, 0) is 22.6 Å². The molecule has 0 atom stereocenters. The minimum Gasteiger partial charge on any atom is -0.367 e. The van der Waals surface area contributed by atoms with Crippen LogP contribution < -0.4 is 10.6 Å². The molecule has 0 bridgehead atoms. The molecule has 0 spiro atoms. The van der Waals surface area contributed by atoms with Gasteiger partial charge in [-0.2, -0.15) is 0 Å². The van der Waals surface area contributed by atoms with E-state index in [1.165, 1.54) is 4.63 Å². The molecule has 0 fully saturated rings. The first kappa shape index (κ1) is 11.3. The molecule has 2 N–H and O–H groups in total. The quantitative estimate of drug-likeness (QED) is 0.607. The molecular weight excluding hydrogens is 246 g/mol. The highest BCUT2D eigenvalue weighted by Gasteiger charge is 1.99. The van der Waals surface area contributed by atoms with Gasteiger partial charge in [-0.15, -0.1) is 14.8 Å². The van der Waals surface area contributed by atoms with Crippen molar-refractivity contribution in [2.75, 3.05) is 23.7 Å². The number of nitrogens with one attached hydrogen (secondary N) is 2. The van der Waals surface area contributed by atoms with E-state index in [2.05, 4.69) is 41.2 Å². The lowest BCUT2D eigenvalue weighted by atomic mass is 10.5. The van der Waals surface area contributed by atoms with Crippen LogP contribution in [0.2, 0.25) is 0 Å². The van der Waals surface area contributed by atoms with Crippen LogP contribution in [0.4, 0.5) is 11.6 Å². The highest BCUT2D eigenvalue weighted by Crippen LogP contribution is 2.02. The van der Waals surface area contributed by atoms with Crippen LogP contribution in [0.25, 0.3) is 5.65 Å². The Bertz CT molecular complexity index is 650. The van der Waals surface area contributed by atoms with Crippen molar-refractivity contribution in [1.29, 1.82) is 0 Å². The fraction of sp³-hybridized carbons (Fsp3) is 0.200. The second kappa shape index (κ2) is 5.21. The smallest absolute Gasteiger partial charge is 0.200 e. The van der Waals surface area contributed by atoms with Crippen molar-refractivity contribution in [2.45, 2.75) is 0 Å². The molecule has 0 aliphatic carbocycles. The van der Waals surface area contributed by atoms with E-state index in [0.717, 1.165) is 5.82 Å². The van der Waals surface area contributed by atoms with Gasteiger partial charge in [0.25, 0.3) is 0 Å². The van der Waals surface area contributed by atoms with Crippen LogP contribution in [-0.4, -0.2) is 48.3 Å². The molecule has 0 radical (unpaired) electrons. The van der Waals surface area contributed by atoms with Crippen LogP contribution >= 0.6 is 0 Å². The Labute approximate surface area is 108 Å². The molecule has 0 unspecified atom stereocenters. The van der Waals surface area contributed by atoms with Crippen molar-refractivity contribution in [1.82, 2.24) is 35.2 Å². The molecule has 19 heavy (non-hydrogen) atoms. The van der Waals surface area contributed by atoms with Crippen molar-refractivity contribution in [3.63, 3.8) is 0 Å². The summed E-state index contributed by atoms with van der Waals surface area (Å²) in [5.74, 6) is 1.45. The minimum atomic E-state index is 0.614. The van der Waals surface area contributed by atoms with Crippen LogP contribution in [0.1, 0.15) is 0 Å². The number of anilines is 2. The number of hydrogen-bond donors (Lipinski definition) is 2. The van der Waals surface area contributed by atoms with Gasteiger partial charge in [-0.3, -0.25) is 4.98 Å². The number of aromatic nitrogens is 7. The second-order valence-electron chi connectivity index (χ2n) is 3.69. The maximum Gasteiger partial charge on any atom is 0.200 e. The van der Waals surface area contributed by atoms with Crippen molar-refractivity contribution < 1.29 is 0 Å². The number of tetrazole rings is 1. The zero-order valence-electron chi connectivity index (χ0n) is 9.93. The van der Waals surface area contributed by atoms with E-state index in [1.807, 2.05) is 6.07 Å². The molecule has 3 aromatic heterocycles. The average Bonchev–Trinajstić information content (AvgIpc) is 2.92. The molecule has 0 amide bonds. The molecule has 0 saturated carbocycles. The predicted octanol–water partition coefficient (Wildman–Crippen LogP) is -0.167. The van der Waals surface area contributed by atoms with E-state index in [0.29, 0.717) is 24.6 Å². The maximum absolute atomic E-state index is 4.19. The van der Waals surface area contributed by atoms with E-state index in [-0.39, 0.29) is 0 Å². The molecule has 3 rings (SSSR count). The SMILES string of the molecule is c1cnc(NCCNc2ccc3nnnn3n2)cn1. The van der Waals surface area contributed by atoms with Gasteiger partial charge in [0.2, 0.25) is 0 Å². The van der Waals surface area contributed by atoms with Gasteiger partial charge in [0.1, 0.15) is 11.6 Å². The first-order valence-corrected chi connectivity index (χ1v) is 5.71. The molecule has 0 aliphatic rings. The summed E-state index contributed by atoms with van der Waals surface area (Å²) >= 11 is 0. The first-order valence-electron chi connectivity index (χ1n) is 5.71. The third kappa shape index (κ3) is 2.70. The van der Waals surface area contributed by atoms with Crippen molar-refractivity contribution in [3.8, 4) is 0 Å². The van der Waals surface area contributed by atoms with E-state index in [9.17, 15) is 0 Å². The molecule has 3 heterocycles. The Balaban J connectivity index is 1.52. The molecule has 3 aromatic rings. The third-order valence-corrected chi connectivity index (χ3v) is 2.37. The minimum absolute atomic E-state index is 0.614. The number of fused-ring (bicyclic) bond motifs is 1. The van der Waals surface area contributed by atoms with E-state index >= 15 is 0 Å². The summed E-state index contributed by atoms with van der Waals surface area (Å²) in [6, 6.07) is 3.62. The van der Waals surface area contributed by atoms with Crippen molar-refractivity contribution in [2.24, 2.45) is 0 Å². The summed E-state index contributed by atoms with van der Waals surface area (Å²) in [4.78, 5) is 8.08. The third-order valence-electron chi connectivity index (χ3n) is 2.37. The van der Waals surface area contributed by atoms with E-state index < -0.39 is 0 Å². The topological polar surface area (TPSA) is 106 Å². The Hall–Kier alpha value is -2.84. The predicted molar refractivity (Wildman–Crippen MR) is 67.6 cm³/mol. The molecule has 9 heteroatoms. The monoisotopic (exact) mass is 257 g/mol. The fourth-order valence-electron chi connectivity index (χ4n) is 1.52. The highest BCUT2D eigenvalue weighted by atomic mass is 15.6. The van der Waals surface area contributed by atoms with Crippen LogP contribution in [0.15, 0.2) is 30.7 Å². The summed E-state index contributed by atoms with van der Waals surface area (Å²) in [5.41, 5.74) is 0.614. The normalized spacial score (nSPS) is 10.5. The Morgan fingerprint density at radius 1 is 1.05 bits per heavy atom. The Morgan fingerprint density at radius 3 is 2.79 bits per heavy atom. The first-order chi connectivity index (χ1) is 9.42. The lowest BCUT2D eigenvalue weighted by Gasteiger charge is -2.06. The molecular formula is C10H11N9. The van der Waals surface area contributed by atoms with Gasteiger partial charge in [0.05, 0.1) is 6.20 Å². The second-order valence-corrected chi connectivity index (χ2v) is 3.69. The standard InChI is InChI=1S/C10H11N9/c1-2-10-15-17-18-19(10)16-8(1)12-5-6-14-9-7-11-3-4-13-9/h1-4,7H,5-6H2,(H,12,16)(H,13,14). The van der Waals surface area contributed by atoms with Crippen molar-refractivity contribution >= 4 is 17.3 Å².